The van der Waals surface area contributed by atoms with Crippen LogP contribution in [0.3, 0.4) is 0 Å². The van der Waals surface area contributed by atoms with E-state index in [0.717, 1.165) is 0 Å². The van der Waals surface area contributed by atoms with E-state index in [1.807, 2.05) is 0 Å². The molecule has 0 spiro atoms. The average molecular weight is 554 g/mol. The molecule has 2 nitrogen and oxygen atoms in total. The minimum Gasteiger partial charge on any atom is -0.668 e. The van der Waals surface area contributed by atoms with Crippen molar-refractivity contribution >= 4 is 24.7 Å². The molecule has 0 amide bonds. The summed E-state index contributed by atoms with van der Waals surface area (Å²) in [6, 6.07) is 0. The van der Waals surface area contributed by atoms with Crippen LogP contribution >= 0.6 is 0 Å². The van der Waals surface area contributed by atoms with Gasteiger partial charge in [-0.15, -0.1) is 5.54 Å². The molecule has 0 fully saturated rings. The molecule has 0 N–H and O–H groups in total. The van der Waals surface area contributed by atoms with Crippen molar-refractivity contribution in [3.63, 3.8) is 0 Å². The van der Waals surface area contributed by atoms with E-state index >= 15 is 0 Å². The topological polar surface area (TPSA) is 28.2 Å². The summed E-state index contributed by atoms with van der Waals surface area (Å²) in [5.74, 6) is 1.48. The van der Waals surface area contributed by atoms with Gasteiger partial charge in [-0.05, 0) is 34.6 Å². The molecule has 0 aromatic heterocycles. The van der Waals surface area contributed by atoms with Gasteiger partial charge in [0.2, 0.25) is 0 Å². The third kappa shape index (κ3) is 11.4. The molecular weight excluding hydrogens is 509 g/mol. The summed E-state index contributed by atoms with van der Waals surface area (Å²) in [6.45, 7) is 34.1. The van der Waals surface area contributed by atoms with E-state index in [1.54, 1.807) is 5.20 Å². The molecule has 0 atom stereocenters. The van der Waals surface area contributed by atoms with E-state index in [0.29, 0.717) is 0 Å². The molecule has 0 aromatic carbocycles. The fourth-order valence-corrected chi connectivity index (χ4v) is 16.1. The van der Waals surface area contributed by atoms with Crippen molar-refractivity contribution in [2.45, 2.75) is 106 Å². The van der Waals surface area contributed by atoms with Gasteiger partial charge in [0, 0.05) is 46.8 Å². The smallest absolute Gasteiger partial charge is 0.0173 e. The Morgan fingerprint density at radius 2 is 1.00 bits per heavy atom. The Kier molecular flexibility index (Phi) is 12.0. The van der Waals surface area contributed by atoms with Crippen LogP contribution in [0.1, 0.15) is 48.5 Å². The minimum absolute atomic E-state index is 0. The third-order valence-corrected chi connectivity index (χ3v) is 12.9. The van der Waals surface area contributed by atoms with Crippen LogP contribution in [-0.2, 0) is 0 Å². The summed E-state index contributed by atoms with van der Waals surface area (Å²) in [4.78, 5) is 5.13. The molecule has 0 heterocycles. The maximum atomic E-state index is 5.13. The first-order valence-corrected chi connectivity index (χ1v) is 19.7. The van der Waals surface area contributed by atoms with Crippen molar-refractivity contribution in [3.8, 4) is 0 Å². The van der Waals surface area contributed by atoms with Gasteiger partial charge in [0.1, 0.15) is 0 Å². The number of nitrogens with zero attached hydrogens (tertiary/aromatic N) is 2. The molecule has 157 valence electrons. The molecule has 1 radical (unpaired) electrons. The van der Waals surface area contributed by atoms with Crippen LogP contribution in [0.4, 0.5) is 0 Å². The molecule has 1 aliphatic rings. The zero-order valence-corrected chi connectivity index (χ0v) is 27.1. The van der Waals surface area contributed by atoms with E-state index in [2.05, 4.69) is 101 Å². The molecule has 6 heteroatoms. The van der Waals surface area contributed by atoms with Crippen molar-refractivity contribution in [2.24, 2.45) is 0 Å². The first-order chi connectivity index (χ1) is 11.2. The predicted octanol–water partition coefficient (Wildman–Crippen LogP) is 8.19. The van der Waals surface area contributed by atoms with Crippen LogP contribution in [0.5, 0.6) is 0 Å². The first kappa shape index (κ1) is 30.6. The maximum absolute atomic E-state index is 5.13. The molecule has 0 saturated carbocycles. The number of rotatable bonds is 4. The van der Waals surface area contributed by atoms with E-state index in [1.165, 1.54) is 22.6 Å². The van der Waals surface area contributed by atoms with Crippen LogP contribution in [0.25, 0.3) is 9.63 Å². The number of hydrogen-bond donors (Lipinski definition) is 0. The zero-order valence-electron chi connectivity index (χ0n) is 20.9. The average Bonchev–Trinajstić information content (AvgIpc) is 2.46. The molecule has 0 aromatic rings. The zero-order chi connectivity index (χ0) is 21.3. The largest absolute Gasteiger partial charge is 0.668 e. The first-order valence-electron chi connectivity index (χ1n) is 9.89. The molecule has 0 saturated heterocycles. The van der Waals surface area contributed by atoms with Crippen LogP contribution < -0.4 is 0 Å². The van der Waals surface area contributed by atoms with Crippen molar-refractivity contribution in [2.75, 3.05) is 0 Å². The van der Waals surface area contributed by atoms with Gasteiger partial charge in [0.25, 0.3) is 0 Å². The van der Waals surface area contributed by atoms with Gasteiger partial charge < -0.3 is 9.63 Å². The normalized spacial score (nSPS) is 17.0. The van der Waals surface area contributed by atoms with Gasteiger partial charge >= 0.3 is 0 Å². The second kappa shape index (κ2) is 10.6. The Hall–Kier alpha value is 1.40. The second-order valence-electron chi connectivity index (χ2n) is 11.2. The van der Waals surface area contributed by atoms with Gasteiger partial charge in [-0.25, -0.2) is 0 Å². The standard InChI is InChI=1S/C15H27NSi.C6H18NSi2.Nd/c1-10-11(2)13(4)14(12(10)3)17(8,9)16-15(5,6)7;1-8(2,3)7-9(4,5)6;/h1-9H3;1-6H3;/q2*-1;. The number of hydrogen-bond acceptors (Lipinski definition) is 0. The third-order valence-electron chi connectivity index (χ3n) is 4.34. The van der Waals surface area contributed by atoms with Crippen LogP contribution in [-0.4, -0.2) is 30.2 Å². The SMILES string of the molecule is C[C]1C(C)=C(C)C(C)=C1[Si](C)(C)[N-]C(C)(C)C.C[Si](C)(C)[N-][Si](C)(C)C.[Nd]. The molecule has 1 rings (SSSR count). The van der Waals surface area contributed by atoms with Crippen LogP contribution in [0.2, 0.25) is 52.4 Å². The van der Waals surface area contributed by atoms with Gasteiger partial charge in [-0.1, -0.05) is 113 Å². The van der Waals surface area contributed by atoms with Crippen LogP contribution in [0, 0.1) is 46.8 Å². The van der Waals surface area contributed by atoms with E-state index in [9.17, 15) is 0 Å². The Bertz CT molecular complexity index is 547. The molecular formula is C21H45N2NdSi3-2. The van der Waals surface area contributed by atoms with E-state index < -0.39 is 24.7 Å². The Morgan fingerprint density at radius 1 is 0.630 bits per heavy atom. The van der Waals surface area contributed by atoms with Gasteiger partial charge in [-0.3, -0.25) is 0 Å². The monoisotopic (exact) mass is 551 g/mol. The van der Waals surface area contributed by atoms with Gasteiger partial charge in [0.15, 0.2) is 0 Å². The minimum atomic E-state index is -1.69. The Labute approximate surface area is 207 Å². The summed E-state index contributed by atoms with van der Waals surface area (Å²) < 4.78 is 4.82. The molecule has 0 unspecified atom stereocenters. The molecule has 0 bridgehead atoms. The van der Waals surface area contributed by atoms with Crippen LogP contribution in [0.15, 0.2) is 21.9 Å². The van der Waals surface area contributed by atoms with Gasteiger partial charge in [-0.2, -0.15) is 0 Å². The fraction of sp³-hybridized carbons (Fsp3) is 0.762. The Morgan fingerprint density at radius 3 is 1.19 bits per heavy atom. The van der Waals surface area contributed by atoms with Gasteiger partial charge in [0.05, 0.1) is 0 Å². The molecule has 1 aliphatic carbocycles. The maximum Gasteiger partial charge on any atom is 0.0173 e. The predicted molar refractivity (Wildman–Crippen MR) is 131 cm³/mol. The van der Waals surface area contributed by atoms with Crippen molar-refractivity contribution in [1.29, 1.82) is 0 Å². The summed E-state index contributed by atoms with van der Waals surface area (Å²) in [5, 5.41) is 1.56. The quantitative estimate of drug-likeness (QED) is 0.314. The van der Waals surface area contributed by atoms with Crippen molar-refractivity contribution in [1.82, 2.24) is 0 Å². The summed E-state index contributed by atoms with van der Waals surface area (Å²) >= 11 is 0. The Balaban J connectivity index is 0. The van der Waals surface area contributed by atoms with E-state index in [4.69, 9.17) is 9.63 Å². The second-order valence-corrected chi connectivity index (χ2v) is 24.6. The van der Waals surface area contributed by atoms with Crippen molar-refractivity contribution in [3.05, 3.63) is 37.5 Å². The fourth-order valence-electron chi connectivity index (χ4n) is 4.04. The van der Waals surface area contributed by atoms with Crippen molar-refractivity contribution < 1.29 is 40.8 Å². The molecule has 0 aliphatic heterocycles. The van der Waals surface area contributed by atoms with E-state index in [-0.39, 0.29) is 46.4 Å². The summed E-state index contributed by atoms with van der Waals surface area (Å²) in [7, 11) is -3.90. The summed E-state index contributed by atoms with van der Waals surface area (Å²) in [5.41, 5.74) is 4.46. The number of allylic oxidation sites excluding steroid dienone is 4. The summed E-state index contributed by atoms with van der Waals surface area (Å²) in [6.07, 6.45) is 0. The molecule has 27 heavy (non-hydrogen) atoms.